The summed E-state index contributed by atoms with van der Waals surface area (Å²) in [6, 6.07) is 28.9. The summed E-state index contributed by atoms with van der Waals surface area (Å²) in [5, 5.41) is 6.24. The fourth-order valence-electron chi connectivity index (χ4n) is 3.63. The van der Waals surface area contributed by atoms with E-state index in [1.807, 2.05) is 86.5 Å². The van der Waals surface area contributed by atoms with Crippen molar-refractivity contribution in [2.45, 2.75) is 9.79 Å². The first kappa shape index (κ1) is 27.4. The Morgan fingerprint density at radius 1 is 0.538 bits per heavy atom. The third-order valence-corrected chi connectivity index (χ3v) is 7.74. The lowest BCUT2D eigenvalue weighted by atomic mass is 10.2. The summed E-state index contributed by atoms with van der Waals surface area (Å²) in [6.07, 6.45) is 3.17. The lowest BCUT2D eigenvalue weighted by Crippen LogP contribution is -2.08. The van der Waals surface area contributed by atoms with Gasteiger partial charge in [0.2, 0.25) is 9.84 Å². The van der Waals surface area contributed by atoms with Crippen molar-refractivity contribution in [3.8, 4) is 0 Å². The minimum Gasteiger partial charge on any atom is -0.378 e. The van der Waals surface area contributed by atoms with Crippen LogP contribution < -0.4 is 20.4 Å². The molecule has 0 unspecified atom stereocenters. The molecular weight excluding hydrogens is 508 g/mol. The highest BCUT2D eigenvalue weighted by molar-refractivity contribution is 7.91. The average Bonchev–Trinajstić information content (AvgIpc) is 2.94. The maximum absolute atomic E-state index is 13.1. The number of anilines is 4. The zero-order valence-corrected chi connectivity index (χ0v) is 23.2. The third-order valence-electron chi connectivity index (χ3n) is 5.95. The van der Waals surface area contributed by atoms with Crippen LogP contribution in [0.5, 0.6) is 0 Å². The van der Waals surface area contributed by atoms with Gasteiger partial charge in [-0.25, -0.2) is 18.4 Å². The predicted octanol–water partition coefficient (Wildman–Crippen LogP) is 6.20. The Balaban J connectivity index is 1.35. The van der Waals surface area contributed by atoms with Crippen LogP contribution in [0.15, 0.2) is 117 Å². The summed E-state index contributed by atoms with van der Waals surface area (Å²) in [5.74, 6) is 0. The van der Waals surface area contributed by atoms with Crippen LogP contribution in [0, 0.1) is 0 Å². The van der Waals surface area contributed by atoms with Crippen LogP contribution in [0.25, 0.3) is 0 Å². The van der Waals surface area contributed by atoms with Crippen LogP contribution in [0.1, 0.15) is 0 Å². The molecule has 0 aliphatic carbocycles. The number of rotatable bonds is 10. The third kappa shape index (κ3) is 7.24. The second kappa shape index (κ2) is 12.3. The van der Waals surface area contributed by atoms with Crippen molar-refractivity contribution in [3.05, 3.63) is 97.1 Å². The van der Waals surface area contributed by atoms with E-state index in [1.54, 1.807) is 61.2 Å². The molecule has 200 valence electrons. The molecule has 0 amide bonds. The molecule has 0 radical (unpaired) electrons. The number of benzene rings is 4. The van der Waals surface area contributed by atoms with Gasteiger partial charge in [0.1, 0.15) is 0 Å². The fourth-order valence-corrected chi connectivity index (χ4v) is 4.89. The summed E-state index contributed by atoms with van der Waals surface area (Å²) in [5.41, 5.74) is 5.31. The molecule has 4 rings (SSSR count). The van der Waals surface area contributed by atoms with Crippen molar-refractivity contribution in [2.75, 3.05) is 48.6 Å². The Labute approximate surface area is 230 Å². The molecule has 0 aliphatic rings. The van der Waals surface area contributed by atoms with Gasteiger partial charge in [-0.1, -0.05) is 0 Å². The standard InChI is InChI=1S/C30H32N6O2S/c1-35(2)27-13-5-23(6-14-27)31-21-33-25-9-17-29(18-10-25)39(37,38)30-19-11-26(12-20-30)34-22-32-24-7-15-28(16-8-24)36(3)4/h5-22H,1-4H3,(H,31,33)(H,32,34). The topological polar surface area (TPSA) is 89.4 Å². The lowest BCUT2D eigenvalue weighted by Gasteiger charge is -2.12. The van der Waals surface area contributed by atoms with Crippen molar-refractivity contribution in [3.63, 3.8) is 0 Å². The van der Waals surface area contributed by atoms with E-state index in [1.165, 1.54) is 0 Å². The van der Waals surface area contributed by atoms with E-state index in [0.29, 0.717) is 11.4 Å². The molecule has 4 aromatic rings. The second-order valence-corrected chi connectivity index (χ2v) is 11.1. The molecule has 0 saturated heterocycles. The maximum Gasteiger partial charge on any atom is 0.206 e. The van der Waals surface area contributed by atoms with Gasteiger partial charge in [0.05, 0.1) is 33.8 Å². The molecule has 4 aromatic carbocycles. The second-order valence-electron chi connectivity index (χ2n) is 9.18. The molecule has 0 bridgehead atoms. The largest absolute Gasteiger partial charge is 0.378 e. The number of nitrogens with one attached hydrogen (secondary N) is 2. The zero-order valence-electron chi connectivity index (χ0n) is 22.4. The van der Waals surface area contributed by atoms with E-state index in [4.69, 9.17) is 0 Å². The van der Waals surface area contributed by atoms with Crippen molar-refractivity contribution in [1.82, 2.24) is 0 Å². The zero-order chi connectivity index (χ0) is 27.8. The van der Waals surface area contributed by atoms with E-state index in [9.17, 15) is 8.42 Å². The summed E-state index contributed by atoms with van der Waals surface area (Å²) in [7, 11) is 4.30. The monoisotopic (exact) mass is 540 g/mol. The summed E-state index contributed by atoms with van der Waals surface area (Å²) in [4.78, 5) is 13.2. The van der Waals surface area contributed by atoms with Gasteiger partial charge in [0, 0.05) is 50.9 Å². The quantitative estimate of drug-likeness (QED) is 0.184. The van der Waals surface area contributed by atoms with Crippen LogP contribution >= 0.6 is 0 Å². The number of aliphatic imine (C=N–C) groups is 2. The lowest BCUT2D eigenvalue weighted by molar-refractivity contribution is 0.596. The van der Waals surface area contributed by atoms with E-state index in [0.717, 1.165) is 22.7 Å². The van der Waals surface area contributed by atoms with Crippen molar-refractivity contribution in [1.29, 1.82) is 0 Å². The van der Waals surface area contributed by atoms with Gasteiger partial charge in [-0.15, -0.1) is 0 Å². The highest BCUT2D eigenvalue weighted by atomic mass is 32.2. The van der Waals surface area contributed by atoms with Crippen molar-refractivity contribution < 1.29 is 8.42 Å². The summed E-state index contributed by atoms with van der Waals surface area (Å²) < 4.78 is 26.2. The maximum atomic E-state index is 13.1. The Kier molecular flexibility index (Phi) is 8.63. The van der Waals surface area contributed by atoms with Crippen molar-refractivity contribution >= 4 is 56.6 Å². The highest BCUT2D eigenvalue weighted by Crippen LogP contribution is 2.25. The Hall–Kier alpha value is -4.63. The van der Waals surface area contributed by atoms with Crippen LogP contribution in [-0.4, -0.2) is 49.3 Å². The van der Waals surface area contributed by atoms with Crippen LogP contribution in [0.3, 0.4) is 0 Å². The summed E-state index contributed by atoms with van der Waals surface area (Å²) >= 11 is 0. The molecule has 0 heterocycles. The molecule has 0 spiro atoms. The van der Waals surface area contributed by atoms with Gasteiger partial charge in [-0.05, 0) is 97.1 Å². The van der Waals surface area contributed by atoms with Gasteiger partial charge in [0.15, 0.2) is 0 Å². The van der Waals surface area contributed by atoms with Gasteiger partial charge in [-0.3, -0.25) is 0 Å². The van der Waals surface area contributed by atoms with Crippen molar-refractivity contribution in [2.24, 2.45) is 9.98 Å². The minimum absolute atomic E-state index is 0.202. The average molecular weight is 541 g/mol. The van der Waals surface area contributed by atoms with E-state index in [-0.39, 0.29) is 9.79 Å². The Morgan fingerprint density at radius 3 is 1.18 bits per heavy atom. The van der Waals surface area contributed by atoms with Crippen LogP contribution in [0.4, 0.5) is 34.1 Å². The molecule has 0 saturated carbocycles. The first-order valence-electron chi connectivity index (χ1n) is 12.3. The van der Waals surface area contributed by atoms with E-state index >= 15 is 0 Å². The molecule has 0 atom stereocenters. The smallest absolute Gasteiger partial charge is 0.206 e. The van der Waals surface area contributed by atoms with Crippen LogP contribution in [-0.2, 0) is 9.84 Å². The fraction of sp³-hybridized carbons (Fsp3) is 0.133. The predicted molar refractivity (Wildman–Crippen MR) is 163 cm³/mol. The summed E-state index contributed by atoms with van der Waals surface area (Å²) in [6.45, 7) is 0. The molecule has 0 fully saturated rings. The molecule has 2 N–H and O–H groups in total. The van der Waals surface area contributed by atoms with E-state index in [2.05, 4.69) is 20.6 Å². The van der Waals surface area contributed by atoms with Gasteiger partial charge in [-0.2, -0.15) is 0 Å². The number of sulfone groups is 1. The molecule has 0 aliphatic heterocycles. The van der Waals surface area contributed by atoms with Gasteiger partial charge >= 0.3 is 0 Å². The first-order chi connectivity index (χ1) is 18.7. The van der Waals surface area contributed by atoms with Gasteiger partial charge < -0.3 is 20.4 Å². The number of hydrogen-bond donors (Lipinski definition) is 2. The SMILES string of the molecule is CN(C)c1ccc(NC=Nc2ccc(S(=O)(=O)c3ccc(N=CNc4ccc(N(C)C)cc4)cc3)cc2)cc1. The number of nitrogens with zero attached hydrogens (tertiary/aromatic N) is 4. The molecule has 8 nitrogen and oxygen atoms in total. The molecule has 0 aromatic heterocycles. The first-order valence-corrected chi connectivity index (χ1v) is 13.8. The Morgan fingerprint density at radius 2 is 0.872 bits per heavy atom. The molecule has 9 heteroatoms. The number of hydrogen-bond acceptors (Lipinski definition) is 6. The highest BCUT2D eigenvalue weighted by Gasteiger charge is 2.17. The van der Waals surface area contributed by atoms with E-state index < -0.39 is 9.84 Å². The Bertz CT molecular complexity index is 1410. The van der Waals surface area contributed by atoms with Crippen LogP contribution in [0.2, 0.25) is 0 Å². The normalized spacial score (nSPS) is 11.6. The van der Waals surface area contributed by atoms with Gasteiger partial charge in [0.25, 0.3) is 0 Å². The molecule has 39 heavy (non-hydrogen) atoms. The molecular formula is C30H32N6O2S. The minimum atomic E-state index is -3.66.